The molecule has 0 aromatic carbocycles. The quantitative estimate of drug-likeness (QED) is 0.566. The van der Waals surface area contributed by atoms with Gasteiger partial charge < -0.3 is 5.11 Å². The summed E-state index contributed by atoms with van der Waals surface area (Å²) in [6, 6.07) is 0. The number of aliphatic hydroxyl groups excluding tert-OH is 1. The van der Waals surface area contributed by atoms with Gasteiger partial charge in [-0.2, -0.15) is 0 Å². The highest BCUT2D eigenvalue weighted by molar-refractivity contribution is 5.14. The fourth-order valence-corrected chi connectivity index (χ4v) is 1.38. The molecule has 0 saturated heterocycles. The third kappa shape index (κ3) is 1.65. The van der Waals surface area contributed by atoms with E-state index in [2.05, 4.69) is 26.8 Å². The van der Waals surface area contributed by atoms with Gasteiger partial charge in [0.15, 0.2) is 0 Å². The molecule has 0 spiro atoms. The van der Waals surface area contributed by atoms with E-state index in [0.717, 1.165) is 0 Å². The molecule has 0 aliphatic heterocycles. The summed E-state index contributed by atoms with van der Waals surface area (Å²) in [4.78, 5) is 0. The van der Waals surface area contributed by atoms with Gasteiger partial charge in [0.1, 0.15) is 0 Å². The van der Waals surface area contributed by atoms with Gasteiger partial charge in [-0.15, -0.1) is 0 Å². The molecule has 0 radical (unpaired) electrons. The molecule has 1 aliphatic rings. The van der Waals surface area contributed by atoms with Gasteiger partial charge in [-0.3, -0.25) is 0 Å². The van der Waals surface area contributed by atoms with Crippen molar-refractivity contribution in [2.45, 2.75) is 20.8 Å². The molecular weight excluding hydrogens is 136 g/mol. The zero-order chi connectivity index (χ0) is 8.43. The van der Waals surface area contributed by atoms with Gasteiger partial charge in [-0.05, 0) is 17.9 Å². The third-order valence-corrected chi connectivity index (χ3v) is 2.77. The number of aliphatic hydroxyl groups is 1. The highest BCUT2D eigenvalue weighted by Gasteiger charge is 2.21. The predicted molar refractivity (Wildman–Crippen MR) is 47.3 cm³/mol. The first-order chi connectivity index (χ1) is 5.13. The maximum absolute atomic E-state index is 9.46. The van der Waals surface area contributed by atoms with Crippen LogP contribution in [0, 0.1) is 17.8 Å². The van der Waals surface area contributed by atoms with Crippen molar-refractivity contribution in [1.82, 2.24) is 0 Å². The van der Waals surface area contributed by atoms with Crippen LogP contribution in [0.2, 0.25) is 0 Å². The average molecular weight is 152 g/mol. The van der Waals surface area contributed by atoms with E-state index in [1.165, 1.54) is 0 Å². The highest BCUT2D eigenvalue weighted by atomic mass is 16.3. The summed E-state index contributed by atoms with van der Waals surface area (Å²) in [7, 11) is 0. The van der Waals surface area contributed by atoms with Crippen molar-refractivity contribution >= 4 is 0 Å². The summed E-state index contributed by atoms with van der Waals surface area (Å²) in [5, 5.41) is 9.46. The molecule has 0 amide bonds. The Morgan fingerprint density at radius 1 is 1.27 bits per heavy atom. The van der Waals surface area contributed by atoms with Crippen molar-refractivity contribution in [3.8, 4) is 0 Å². The van der Waals surface area contributed by atoms with E-state index >= 15 is 0 Å². The van der Waals surface area contributed by atoms with Crippen LogP contribution in [0.25, 0.3) is 0 Å². The summed E-state index contributed by atoms with van der Waals surface area (Å²) in [5.74, 6) is 1.90. The lowest BCUT2D eigenvalue weighted by Gasteiger charge is -2.21. The standard InChI is InChI=1S/C10H16O/c1-7-5-4-6-10(11)9(3)8(7)2/h4-9,11H,1-3H3. The summed E-state index contributed by atoms with van der Waals surface area (Å²) in [5.41, 5.74) is 0. The van der Waals surface area contributed by atoms with Gasteiger partial charge in [0.05, 0.1) is 5.76 Å². The van der Waals surface area contributed by atoms with Crippen molar-refractivity contribution in [1.29, 1.82) is 0 Å². The van der Waals surface area contributed by atoms with E-state index in [1.54, 1.807) is 6.08 Å². The molecule has 1 rings (SSSR count). The van der Waals surface area contributed by atoms with Gasteiger partial charge in [0.2, 0.25) is 0 Å². The van der Waals surface area contributed by atoms with Gasteiger partial charge in [0.25, 0.3) is 0 Å². The van der Waals surface area contributed by atoms with Crippen LogP contribution in [0.15, 0.2) is 24.0 Å². The molecular formula is C10H16O. The molecule has 62 valence electrons. The lowest BCUT2D eigenvalue weighted by Crippen LogP contribution is -2.15. The van der Waals surface area contributed by atoms with Gasteiger partial charge in [0, 0.05) is 5.92 Å². The van der Waals surface area contributed by atoms with Crippen LogP contribution >= 0.6 is 0 Å². The molecule has 0 saturated carbocycles. The van der Waals surface area contributed by atoms with E-state index in [4.69, 9.17) is 0 Å². The second kappa shape index (κ2) is 3.12. The first kappa shape index (κ1) is 8.38. The minimum Gasteiger partial charge on any atom is -0.512 e. The maximum Gasteiger partial charge on any atom is 0.0953 e. The lowest BCUT2D eigenvalue weighted by molar-refractivity contribution is 0.260. The Kier molecular flexibility index (Phi) is 2.38. The van der Waals surface area contributed by atoms with Crippen LogP contribution < -0.4 is 0 Å². The molecule has 11 heavy (non-hydrogen) atoms. The molecule has 3 atom stereocenters. The Morgan fingerprint density at radius 3 is 2.55 bits per heavy atom. The Balaban J connectivity index is 2.81. The number of hydrogen-bond donors (Lipinski definition) is 1. The van der Waals surface area contributed by atoms with Crippen LogP contribution in [-0.4, -0.2) is 5.11 Å². The summed E-state index contributed by atoms with van der Waals surface area (Å²) in [6.07, 6.45) is 5.88. The zero-order valence-electron chi connectivity index (χ0n) is 7.41. The Labute approximate surface area is 68.4 Å². The van der Waals surface area contributed by atoms with Crippen molar-refractivity contribution < 1.29 is 5.11 Å². The SMILES string of the molecule is CC1C=CC=C(O)C(C)C1C. The van der Waals surface area contributed by atoms with E-state index in [0.29, 0.717) is 23.5 Å². The largest absolute Gasteiger partial charge is 0.512 e. The number of rotatable bonds is 0. The number of allylic oxidation sites excluding steroid dienone is 4. The average Bonchev–Trinajstić information content (AvgIpc) is 2.07. The topological polar surface area (TPSA) is 20.2 Å². The predicted octanol–water partition coefficient (Wildman–Crippen LogP) is 2.91. The van der Waals surface area contributed by atoms with E-state index in [-0.39, 0.29) is 0 Å². The van der Waals surface area contributed by atoms with Crippen LogP contribution in [-0.2, 0) is 0 Å². The minimum absolute atomic E-state index is 0.292. The summed E-state index contributed by atoms with van der Waals surface area (Å²) >= 11 is 0. The Morgan fingerprint density at radius 2 is 1.91 bits per heavy atom. The Bertz CT molecular complexity index is 191. The van der Waals surface area contributed by atoms with Crippen LogP contribution in [0.3, 0.4) is 0 Å². The minimum atomic E-state index is 0.292. The van der Waals surface area contributed by atoms with Gasteiger partial charge >= 0.3 is 0 Å². The van der Waals surface area contributed by atoms with E-state index in [1.807, 2.05) is 6.08 Å². The van der Waals surface area contributed by atoms with Crippen molar-refractivity contribution in [2.24, 2.45) is 17.8 Å². The molecule has 0 aromatic heterocycles. The molecule has 0 heterocycles. The third-order valence-electron chi connectivity index (χ3n) is 2.77. The normalized spacial score (nSPS) is 38.1. The van der Waals surface area contributed by atoms with E-state index in [9.17, 15) is 5.11 Å². The first-order valence-corrected chi connectivity index (χ1v) is 4.20. The van der Waals surface area contributed by atoms with Gasteiger partial charge in [-0.25, -0.2) is 0 Å². The highest BCUT2D eigenvalue weighted by Crippen LogP contribution is 2.28. The van der Waals surface area contributed by atoms with Crippen LogP contribution in [0.1, 0.15) is 20.8 Å². The van der Waals surface area contributed by atoms with Crippen molar-refractivity contribution in [2.75, 3.05) is 0 Å². The Hall–Kier alpha value is -0.720. The van der Waals surface area contributed by atoms with E-state index < -0.39 is 0 Å². The molecule has 3 unspecified atom stereocenters. The fourth-order valence-electron chi connectivity index (χ4n) is 1.38. The molecule has 1 nitrogen and oxygen atoms in total. The molecule has 0 fully saturated rings. The van der Waals surface area contributed by atoms with Crippen molar-refractivity contribution in [3.05, 3.63) is 24.0 Å². The molecule has 1 N–H and O–H groups in total. The zero-order valence-corrected chi connectivity index (χ0v) is 7.41. The molecule has 1 aliphatic carbocycles. The second-order valence-corrected chi connectivity index (χ2v) is 3.48. The van der Waals surface area contributed by atoms with Crippen molar-refractivity contribution in [3.63, 3.8) is 0 Å². The lowest BCUT2D eigenvalue weighted by atomic mass is 9.85. The molecule has 1 heteroatoms. The maximum atomic E-state index is 9.46. The monoisotopic (exact) mass is 152 g/mol. The summed E-state index contributed by atoms with van der Waals surface area (Å²) < 4.78 is 0. The second-order valence-electron chi connectivity index (χ2n) is 3.48. The fraction of sp³-hybridized carbons (Fsp3) is 0.600. The molecule has 0 aromatic rings. The summed E-state index contributed by atoms with van der Waals surface area (Å²) in [6.45, 7) is 6.43. The number of hydrogen-bond acceptors (Lipinski definition) is 1. The van der Waals surface area contributed by atoms with Crippen LogP contribution in [0.4, 0.5) is 0 Å². The smallest absolute Gasteiger partial charge is 0.0953 e. The van der Waals surface area contributed by atoms with Gasteiger partial charge in [-0.1, -0.05) is 32.9 Å². The first-order valence-electron chi connectivity index (χ1n) is 4.20. The van der Waals surface area contributed by atoms with Crippen LogP contribution in [0.5, 0.6) is 0 Å². The molecule has 0 bridgehead atoms.